The Kier molecular flexibility index (Phi) is 7.49. The summed E-state index contributed by atoms with van der Waals surface area (Å²) < 4.78 is 10.3. The molecule has 0 spiro atoms. The van der Waals surface area contributed by atoms with Gasteiger partial charge < -0.3 is 14.6 Å². The van der Waals surface area contributed by atoms with Gasteiger partial charge in [-0.1, -0.05) is 11.6 Å². The van der Waals surface area contributed by atoms with Crippen LogP contribution in [0.3, 0.4) is 0 Å². The largest absolute Gasteiger partial charge is 0.506 e. The molecule has 1 amide bonds. The van der Waals surface area contributed by atoms with E-state index in [4.69, 9.17) is 21.1 Å². The minimum absolute atomic E-state index is 0.153. The van der Waals surface area contributed by atoms with Crippen LogP contribution in [0.4, 0.5) is 11.4 Å². The number of carbonyl (C=O) groups is 1. The van der Waals surface area contributed by atoms with Gasteiger partial charge in [-0.05, 0) is 28.1 Å². The van der Waals surface area contributed by atoms with E-state index in [-0.39, 0.29) is 17.1 Å². The Balaban J connectivity index is 2.13. The number of nitrogens with zero attached hydrogens (tertiary/aromatic N) is 3. The molecule has 12 nitrogen and oxygen atoms in total. The van der Waals surface area contributed by atoms with E-state index in [2.05, 4.69) is 26.5 Å². The summed E-state index contributed by atoms with van der Waals surface area (Å²) in [7, 11) is 1.13. The molecule has 0 aliphatic rings. The van der Waals surface area contributed by atoms with Crippen molar-refractivity contribution in [3.05, 3.63) is 59.6 Å². The Morgan fingerprint density at radius 1 is 1.30 bits per heavy atom. The molecule has 0 heterocycles. The Hall–Kier alpha value is -3.45. The standard InChI is InChI=1S/C16H12BrClN4O8/c1-29-13-5-10(21(25)26)4-12(22(27)28)16(13)30-7-14(23)20-19-6-8-2-9(18)3-11(17)15(8)24/h2-6,24H,7H2,1H3,(H,20,23)/b19-6-. The maximum atomic E-state index is 11.9. The Labute approximate surface area is 181 Å². The van der Waals surface area contributed by atoms with Crippen LogP contribution < -0.4 is 14.9 Å². The molecule has 0 bridgehead atoms. The van der Waals surface area contributed by atoms with Crippen LogP contribution in [0, 0.1) is 20.2 Å². The lowest BCUT2D eigenvalue weighted by Gasteiger charge is -2.10. The molecule has 2 rings (SSSR count). The molecule has 0 fully saturated rings. The van der Waals surface area contributed by atoms with E-state index in [1.807, 2.05) is 0 Å². The lowest BCUT2D eigenvalue weighted by Crippen LogP contribution is -2.25. The van der Waals surface area contributed by atoms with Crippen LogP contribution in [0.5, 0.6) is 17.2 Å². The van der Waals surface area contributed by atoms with Gasteiger partial charge in [-0.3, -0.25) is 25.0 Å². The summed E-state index contributed by atoms with van der Waals surface area (Å²) in [5.41, 5.74) is 0.991. The van der Waals surface area contributed by atoms with Gasteiger partial charge in [0.1, 0.15) is 5.75 Å². The molecule has 30 heavy (non-hydrogen) atoms. The number of benzene rings is 2. The Bertz CT molecular complexity index is 1050. The van der Waals surface area contributed by atoms with Crippen LogP contribution in [0.2, 0.25) is 5.02 Å². The number of nitro groups is 2. The number of nitrogens with one attached hydrogen (secondary N) is 1. The van der Waals surface area contributed by atoms with Crippen LogP contribution in [0.25, 0.3) is 0 Å². The summed E-state index contributed by atoms with van der Waals surface area (Å²) in [6, 6.07) is 4.48. The molecule has 0 atom stereocenters. The first-order chi connectivity index (χ1) is 14.1. The molecule has 14 heteroatoms. The number of halogens is 2. The van der Waals surface area contributed by atoms with E-state index < -0.39 is 39.5 Å². The van der Waals surface area contributed by atoms with E-state index in [1.54, 1.807) is 0 Å². The number of hydrogen-bond donors (Lipinski definition) is 2. The highest BCUT2D eigenvalue weighted by Crippen LogP contribution is 2.40. The third-order valence-corrected chi connectivity index (χ3v) is 4.27. The van der Waals surface area contributed by atoms with Crippen molar-refractivity contribution in [2.45, 2.75) is 0 Å². The van der Waals surface area contributed by atoms with Crippen molar-refractivity contribution in [2.24, 2.45) is 5.10 Å². The second kappa shape index (κ2) is 9.84. The maximum absolute atomic E-state index is 11.9. The number of rotatable bonds is 8. The van der Waals surface area contributed by atoms with Crippen molar-refractivity contribution in [2.75, 3.05) is 13.7 Å². The van der Waals surface area contributed by atoms with Crippen LogP contribution in [0.15, 0.2) is 33.8 Å². The molecule has 0 aromatic heterocycles. The molecule has 0 aliphatic heterocycles. The second-order valence-corrected chi connectivity index (χ2v) is 6.71. The molecule has 0 radical (unpaired) electrons. The van der Waals surface area contributed by atoms with Gasteiger partial charge in [0.25, 0.3) is 11.6 Å². The van der Waals surface area contributed by atoms with Crippen molar-refractivity contribution in [3.63, 3.8) is 0 Å². The molecule has 0 aliphatic carbocycles. The number of nitro benzene ring substituents is 2. The molecule has 0 saturated heterocycles. The molecular weight excluding hydrogens is 492 g/mol. The summed E-state index contributed by atoms with van der Waals surface area (Å²) >= 11 is 8.96. The summed E-state index contributed by atoms with van der Waals surface area (Å²) in [5.74, 6) is -1.70. The molecule has 0 saturated carbocycles. The zero-order valence-electron chi connectivity index (χ0n) is 15.0. The van der Waals surface area contributed by atoms with Crippen LogP contribution in [0.1, 0.15) is 5.56 Å². The summed E-state index contributed by atoms with van der Waals surface area (Å²) in [4.78, 5) is 32.3. The number of carbonyl (C=O) groups excluding carboxylic acids is 1. The van der Waals surface area contributed by atoms with Gasteiger partial charge in [-0.15, -0.1) is 0 Å². The fourth-order valence-corrected chi connectivity index (χ4v) is 2.97. The normalized spacial score (nSPS) is 10.6. The fraction of sp³-hybridized carbons (Fsp3) is 0.125. The SMILES string of the molecule is COc1cc([N+](=O)[O-])cc([N+](=O)[O-])c1OCC(=O)N/N=C\c1cc(Cl)cc(Br)c1O. The number of phenols is 1. The number of methoxy groups -OCH3 is 1. The molecule has 158 valence electrons. The van der Waals surface area contributed by atoms with Gasteiger partial charge >= 0.3 is 5.69 Å². The number of phenolic OH excluding ortho intramolecular Hbond substituents is 1. The van der Waals surface area contributed by atoms with E-state index in [0.29, 0.717) is 15.6 Å². The number of aromatic hydroxyl groups is 1. The number of hydrazone groups is 1. The highest BCUT2D eigenvalue weighted by atomic mass is 79.9. The summed E-state index contributed by atoms with van der Waals surface area (Å²) in [6.07, 6.45) is 1.12. The van der Waals surface area contributed by atoms with E-state index in [9.17, 15) is 30.1 Å². The van der Waals surface area contributed by atoms with Crippen molar-refractivity contribution in [1.82, 2.24) is 5.43 Å². The van der Waals surface area contributed by atoms with Crippen molar-refractivity contribution in [3.8, 4) is 17.2 Å². The van der Waals surface area contributed by atoms with Crippen molar-refractivity contribution >= 4 is 51.0 Å². The third kappa shape index (κ3) is 5.55. The maximum Gasteiger partial charge on any atom is 0.321 e. The smallest absolute Gasteiger partial charge is 0.321 e. The van der Waals surface area contributed by atoms with Gasteiger partial charge in [0.2, 0.25) is 5.75 Å². The predicted molar refractivity (Wildman–Crippen MR) is 108 cm³/mol. The molecule has 2 N–H and O–H groups in total. The first-order valence-corrected chi connectivity index (χ1v) is 8.94. The van der Waals surface area contributed by atoms with Gasteiger partial charge in [0, 0.05) is 10.6 Å². The molecule has 2 aromatic carbocycles. The number of ether oxygens (including phenoxy) is 2. The monoisotopic (exact) mass is 502 g/mol. The van der Waals surface area contributed by atoms with Crippen molar-refractivity contribution in [1.29, 1.82) is 0 Å². The Morgan fingerprint density at radius 3 is 2.60 bits per heavy atom. The highest BCUT2D eigenvalue weighted by Gasteiger charge is 2.27. The first kappa shape index (κ1) is 22.8. The van der Waals surface area contributed by atoms with E-state index in [0.717, 1.165) is 19.4 Å². The summed E-state index contributed by atoms with van der Waals surface area (Å²) in [5, 5.41) is 35.9. The topological polar surface area (TPSA) is 166 Å². The average Bonchev–Trinajstić information content (AvgIpc) is 2.68. The first-order valence-electron chi connectivity index (χ1n) is 7.77. The second-order valence-electron chi connectivity index (χ2n) is 5.42. The zero-order valence-corrected chi connectivity index (χ0v) is 17.3. The highest BCUT2D eigenvalue weighted by molar-refractivity contribution is 9.10. The average molecular weight is 504 g/mol. The number of amides is 1. The fourth-order valence-electron chi connectivity index (χ4n) is 2.14. The summed E-state index contributed by atoms with van der Waals surface area (Å²) in [6.45, 7) is -0.711. The van der Waals surface area contributed by atoms with E-state index in [1.165, 1.54) is 12.1 Å². The quantitative estimate of drug-likeness (QED) is 0.315. The molecule has 0 unspecified atom stereocenters. The van der Waals surface area contributed by atoms with E-state index >= 15 is 0 Å². The molecular formula is C16H12BrClN4O8. The minimum Gasteiger partial charge on any atom is -0.506 e. The molecule has 2 aromatic rings. The third-order valence-electron chi connectivity index (χ3n) is 3.45. The number of non-ortho nitro benzene ring substituents is 1. The van der Waals surface area contributed by atoms with Crippen LogP contribution >= 0.6 is 27.5 Å². The lowest BCUT2D eigenvalue weighted by atomic mass is 10.2. The van der Waals surface area contributed by atoms with Crippen LogP contribution in [-0.2, 0) is 4.79 Å². The van der Waals surface area contributed by atoms with Crippen molar-refractivity contribution < 1.29 is 29.2 Å². The lowest BCUT2D eigenvalue weighted by molar-refractivity contribution is -0.394. The van der Waals surface area contributed by atoms with Gasteiger partial charge in [-0.2, -0.15) is 5.10 Å². The van der Waals surface area contributed by atoms with Gasteiger partial charge in [0.05, 0.1) is 39.8 Å². The minimum atomic E-state index is -0.902. The zero-order chi connectivity index (χ0) is 22.4. The number of hydrogen-bond acceptors (Lipinski definition) is 9. The van der Waals surface area contributed by atoms with Gasteiger partial charge in [-0.25, -0.2) is 5.43 Å². The van der Waals surface area contributed by atoms with Gasteiger partial charge in [0.15, 0.2) is 12.4 Å². The Morgan fingerprint density at radius 2 is 2.00 bits per heavy atom. The van der Waals surface area contributed by atoms with Crippen LogP contribution in [-0.4, -0.2) is 40.8 Å². The predicted octanol–water partition coefficient (Wildman–Crippen LogP) is 3.16.